The van der Waals surface area contributed by atoms with Crippen molar-refractivity contribution in [1.82, 2.24) is 0 Å². The molecule has 0 saturated heterocycles. The number of ether oxygens (including phenoxy) is 1. The fourth-order valence-electron chi connectivity index (χ4n) is 2.06. The van der Waals surface area contributed by atoms with E-state index in [9.17, 15) is 5.11 Å². The fraction of sp³-hybridized carbons (Fsp3) is 0.571. The smallest absolute Gasteiger partial charge is 0.122 e. The molecule has 1 rings (SSSR count). The molecule has 17 heavy (non-hydrogen) atoms. The zero-order valence-electron chi connectivity index (χ0n) is 11.1. The quantitative estimate of drug-likeness (QED) is 0.824. The Morgan fingerprint density at radius 2 is 2.00 bits per heavy atom. The van der Waals surface area contributed by atoms with E-state index in [4.69, 9.17) is 10.5 Å². The van der Waals surface area contributed by atoms with Gasteiger partial charge in [0, 0.05) is 18.0 Å². The van der Waals surface area contributed by atoms with Crippen molar-refractivity contribution in [2.45, 2.75) is 32.8 Å². The van der Waals surface area contributed by atoms with Crippen LogP contribution >= 0.6 is 0 Å². The Hall–Kier alpha value is -1.06. The highest BCUT2D eigenvalue weighted by Crippen LogP contribution is 2.31. The molecule has 0 aliphatic rings. The molecule has 0 heterocycles. The standard InChI is InChI=1S/C14H23NO2/c1-9(2)14(16)12(8-15)11-7-10(3)5-6-13(11)17-4/h5-7,9,12,14,16H,8,15H2,1-4H3. The lowest BCUT2D eigenvalue weighted by molar-refractivity contribution is 0.0975. The van der Waals surface area contributed by atoms with E-state index in [1.54, 1.807) is 7.11 Å². The van der Waals surface area contributed by atoms with Crippen molar-refractivity contribution in [2.75, 3.05) is 13.7 Å². The highest BCUT2D eigenvalue weighted by molar-refractivity contribution is 5.40. The highest BCUT2D eigenvalue weighted by atomic mass is 16.5. The highest BCUT2D eigenvalue weighted by Gasteiger charge is 2.25. The number of hydrogen-bond acceptors (Lipinski definition) is 3. The van der Waals surface area contributed by atoms with Gasteiger partial charge in [-0.3, -0.25) is 0 Å². The molecule has 0 fully saturated rings. The van der Waals surface area contributed by atoms with Gasteiger partial charge in [-0.05, 0) is 18.9 Å². The maximum Gasteiger partial charge on any atom is 0.122 e. The molecule has 0 radical (unpaired) electrons. The van der Waals surface area contributed by atoms with Gasteiger partial charge in [-0.2, -0.15) is 0 Å². The second kappa shape index (κ2) is 6.03. The molecule has 2 atom stereocenters. The summed E-state index contributed by atoms with van der Waals surface area (Å²) in [6, 6.07) is 5.97. The third-order valence-corrected chi connectivity index (χ3v) is 3.13. The molecule has 0 aliphatic heterocycles. The van der Waals surface area contributed by atoms with Crippen molar-refractivity contribution in [3.8, 4) is 5.75 Å². The minimum absolute atomic E-state index is 0.0788. The second-order valence-corrected chi connectivity index (χ2v) is 4.82. The average Bonchev–Trinajstić information content (AvgIpc) is 2.30. The molecule has 0 spiro atoms. The molecule has 3 nitrogen and oxygen atoms in total. The van der Waals surface area contributed by atoms with Crippen LogP contribution < -0.4 is 10.5 Å². The third kappa shape index (κ3) is 3.20. The number of methoxy groups -OCH3 is 1. The van der Waals surface area contributed by atoms with Gasteiger partial charge in [0.2, 0.25) is 0 Å². The first-order valence-electron chi connectivity index (χ1n) is 6.04. The van der Waals surface area contributed by atoms with Gasteiger partial charge in [0.1, 0.15) is 5.75 Å². The molecule has 2 unspecified atom stereocenters. The molecule has 1 aromatic rings. The van der Waals surface area contributed by atoms with Gasteiger partial charge in [0.05, 0.1) is 13.2 Å². The van der Waals surface area contributed by atoms with Gasteiger partial charge in [0.15, 0.2) is 0 Å². The van der Waals surface area contributed by atoms with Crippen LogP contribution in [-0.2, 0) is 0 Å². The Labute approximate surface area is 104 Å². The number of aliphatic hydroxyl groups is 1. The molecule has 0 saturated carbocycles. The first kappa shape index (κ1) is 14.0. The summed E-state index contributed by atoms with van der Waals surface area (Å²) in [5.74, 6) is 0.893. The Balaban J connectivity index is 3.14. The Bertz CT molecular complexity index is 363. The summed E-state index contributed by atoms with van der Waals surface area (Å²) in [4.78, 5) is 0. The molecule has 3 N–H and O–H groups in total. The average molecular weight is 237 g/mol. The van der Waals surface area contributed by atoms with Crippen LogP contribution in [-0.4, -0.2) is 24.9 Å². The summed E-state index contributed by atoms with van der Waals surface area (Å²) in [5, 5.41) is 10.2. The fourth-order valence-corrected chi connectivity index (χ4v) is 2.06. The van der Waals surface area contributed by atoms with Crippen LogP contribution in [0.15, 0.2) is 18.2 Å². The van der Waals surface area contributed by atoms with Crippen molar-refractivity contribution < 1.29 is 9.84 Å². The second-order valence-electron chi connectivity index (χ2n) is 4.82. The first-order chi connectivity index (χ1) is 8.01. The van der Waals surface area contributed by atoms with E-state index in [2.05, 4.69) is 0 Å². The van der Waals surface area contributed by atoms with Gasteiger partial charge in [-0.25, -0.2) is 0 Å². The number of hydrogen-bond donors (Lipinski definition) is 2. The molecule has 3 heteroatoms. The summed E-state index contributed by atoms with van der Waals surface area (Å²) in [6.07, 6.45) is -0.448. The van der Waals surface area contributed by atoms with Crippen molar-refractivity contribution in [3.63, 3.8) is 0 Å². The molecule has 96 valence electrons. The molecular formula is C14H23NO2. The molecular weight excluding hydrogens is 214 g/mol. The minimum atomic E-state index is -0.448. The van der Waals surface area contributed by atoms with Crippen LogP contribution in [0.1, 0.15) is 30.9 Å². The summed E-state index contributed by atoms with van der Waals surface area (Å²) in [7, 11) is 1.64. The maximum atomic E-state index is 10.2. The van der Waals surface area contributed by atoms with E-state index in [0.29, 0.717) is 6.54 Å². The summed E-state index contributed by atoms with van der Waals surface area (Å²) in [5.41, 5.74) is 7.95. The number of aryl methyl sites for hydroxylation is 1. The first-order valence-corrected chi connectivity index (χ1v) is 6.04. The summed E-state index contributed by atoms with van der Waals surface area (Å²) >= 11 is 0. The zero-order valence-corrected chi connectivity index (χ0v) is 11.1. The van der Waals surface area contributed by atoms with Crippen molar-refractivity contribution >= 4 is 0 Å². The summed E-state index contributed by atoms with van der Waals surface area (Å²) in [6.45, 7) is 6.43. The Kier molecular flexibility index (Phi) is 4.97. The third-order valence-electron chi connectivity index (χ3n) is 3.13. The van der Waals surface area contributed by atoms with Crippen molar-refractivity contribution in [3.05, 3.63) is 29.3 Å². The van der Waals surface area contributed by atoms with E-state index in [1.807, 2.05) is 39.0 Å². The predicted molar refractivity (Wildman–Crippen MR) is 70.4 cm³/mol. The van der Waals surface area contributed by atoms with Crippen LogP contribution in [0.5, 0.6) is 5.75 Å². The maximum absolute atomic E-state index is 10.2. The lowest BCUT2D eigenvalue weighted by atomic mass is 9.86. The van der Waals surface area contributed by atoms with Crippen molar-refractivity contribution in [2.24, 2.45) is 11.7 Å². The number of aliphatic hydroxyl groups excluding tert-OH is 1. The number of nitrogens with two attached hydrogens (primary N) is 1. The Morgan fingerprint density at radius 3 is 2.47 bits per heavy atom. The topological polar surface area (TPSA) is 55.5 Å². The van der Waals surface area contributed by atoms with Gasteiger partial charge in [0.25, 0.3) is 0 Å². The SMILES string of the molecule is COc1ccc(C)cc1C(CN)C(O)C(C)C. The van der Waals surface area contributed by atoms with Gasteiger partial charge >= 0.3 is 0 Å². The van der Waals surface area contributed by atoms with Crippen LogP contribution in [0.4, 0.5) is 0 Å². The van der Waals surface area contributed by atoms with E-state index in [1.165, 1.54) is 0 Å². The largest absolute Gasteiger partial charge is 0.496 e. The summed E-state index contributed by atoms with van der Waals surface area (Å²) < 4.78 is 5.35. The van der Waals surface area contributed by atoms with Crippen LogP contribution in [0, 0.1) is 12.8 Å². The monoisotopic (exact) mass is 237 g/mol. The van der Waals surface area contributed by atoms with Crippen LogP contribution in [0.3, 0.4) is 0 Å². The molecule has 0 bridgehead atoms. The van der Waals surface area contributed by atoms with E-state index >= 15 is 0 Å². The van der Waals surface area contributed by atoms with Crippen LogP contribution in [0.2, 0.25) is 0 Å². The van der Waals surface area contributed by atoms with Gasteiger partial charge in [-0.1, -0.05) is 31.5 Å². The zero-order chi connectivity index (χ0) is 13.0. The minimum Gasteiger partial charge on any atom is -0.496 e. The van der Waals surface area contributed by atoms with Crippen LogP contribution in [0.25, 0.3) is 0 Å². The lowest BCUT2D eigenvalue weighted by Gasteiger charge is -2.26. The Morgan fingerprint density at radius 1 is 1.35 bits per heavy atom. The number of rotatable bonds is 5. The molecule has 0 amide bonds. The predicted octanol–water partition coefficient (Wildman–Crippen LogP) is 2.06. The van der Waals surface area contributed by atoms with Gasteiger partial charge in [-0.15, -0.1) is 0 Å². The van der Waals surface area contributed by atoms with E-state index in [-0.39, 0.29) is 11.8 Å². The van der Waals surface area contributed by atoms with Gasteiger partial charge < -0.3 is 15.6 Å². The van der Waals surface area contributed by atoms with E-state index < -0.39 is 6.10 Å². The normalized spacial score (nSPS) is 14.8. The lowest BCUT2D eigenvalue weighted by Crippen LogP contribution is -2.30. The molecule has 0 aliphatic carbocycles. The molecule has 1 aromatic carbocycles. The molecule has 0 aromatic heterocycles. The van der Waals surface area contributed by atoms with Crippen molar-refractivity contribution in [1.29, 1.82) is 0 Å². The number of benzene rings is 1. The van der Waals surface area contributed by atoms with E-state index in [0.717, 1.165) is 16.9 Å².